The molecular weight excluding hydrogens is 365 g/mol. The summed E-state index contributed by atoms with van der Waals surface area (Å²) in [7, 11) is 0. The third kappa shape index (κ3) is 3.40. The number of thioether (sulfide) groups is 1. The second kappa shape index (κ2) is 6.84. The Kier molecular flexibility index (Phi) is 4.42. The molecule has 4 nitrogen and oxygen atoms in total. The van der Waals surface area contributed by atoms with E-state index in [0.29, 0.717) is 16.9 Å². The molecular formula is C16H10FN3OS3. The van der Waals surface area contributed by atoms with Crippen molar-refractivity contribution in [2.75, 3.05) is 0 Å². The average molecular weight is 375 g/mol. The molecule has 0 aliphatic rings. The number of benzene rings is 1. The van der Waals surface area contributed by atoms with Crippen LogP contribution in [0.25, 0.3) is 21.3 Å². The quantitative estimate of drug-likeness (QED) is 0.440. The highest BCUT2D eigenvalue weighted by Crippen LogP contribution is 2.30. The van der Waals surface area contributed by atoms with Gasteiger partial charge in [-0.1, -0.05) is 17.8 Å². The van der Waals surface area contributed by atoms with Crippen molar-refractivity contribution in [3.8, 4) is 21.3 Å². The van der Waals surface area contributed by atoms with Gasteiger partial charge in [-0.25, -0.2) is 9.37 Å². The Labute approximate surface area is 149 Å². The average Bonchev–Trinajstić information content (AvgIpc) is 3.34. The van der Waals surface area contributed by atoms with Gasteiger partial charge in [0.15, 0.2) is 0 Å². The first-order valence-electron chi connectivity index (χ1n) is 6.98. The molecule has 1 aromatic carbocycles. The fraction of sp³-hybridized carbons (Fsp3) is 0.0625. The van der Waals surface area contributed by atoms with E-state index in [2.05, 4.69) is 15.2 Å². The Morgan fingerprint density at radius 1 is 1.08 bits per heavy atom. The van der Waals surface area contributed by atoms with Gasteiger partial charge in [0.05, 0.1) is 10.6 Å². The predicted molar refractivity (Wildman–Crippen MR) is 94.7 cm³/mol. The zero-order valence-corrected chi connectivity index (χ0v) is 14.6. The van der Waals surface area contributed by atoms with E-state index in [1.165, 1.54) is 35.2 Å². The Bertz CT molecular complexity index is 932. The fourth-order valence-corrected chi connectivity index (χ4v) is 4.23. The maximum absolute atomic E-state index is 13.0. The summed E-state index contributed by atoms with van der Waals surface area (Å²) in [5.74, 6) is 0.936. The predicted octanol–water partition coefficient (Wildman–Crippen LogP) is 5.35. The maximum Gasteiger partial charge on any atom is 0.277 e. The standard InChI is InChI=1S/C16H10FN3OS3/c17-11-5-3-10(4-6-11)15-18-12(8-23-15)9-24-16-20-19-14(21-16)13-2-1-7-22-13/h1-8H,9H2. The van der Waals surface area contributed by atoms with Gasteiger partial charge in [-0.3, -0.25) is 0 Å². The Hall–Kier alpha value is -2.03. The van der Waals surface area contributed by atoms with E-state index in [-0.39, 0.29) is 5.82 Å². The van der Waals surface area contributed by atoms with Crippen LogP contribution >= 0.6 is 34.4 Å². The lowest BCUT2D eigenvalue weighted by Gasteiger charge is -1.95. The Morgan fingerprint density at radius 2 is 1.96 bits per heavy atom. The summed E-state index contributed by atoms with van der Waals surface area (Å²) in [4.78, 5) is 5.53. The van der Waals surface area contributed by atoms with Crippen LogP contribution in [-0.4, -0.2) is 15.2 Å². The van der Waals surface area contributed by atoms with Crippen molar-refractivity contribution in [3.05, 3.63) is 58.7 Å². The SMILES string of the molecule is Fc1ccc(-c2nc(CSc3nnc(-c4cccs4)o3)cs2)cc1. The number of rotatable bonds is 5. The van der Waals surface area contributed by atoms with E-state index in [9.17, 15) is 4.39 Å². The molecule has 0 fully saturated rings. The van der Waals surface area contributed by atoms with Crippen molar-refractivity contribution in [2.24, 2.45) is 0 Å². The molecule has 0 saturated heterocycles. The van der Waals surface area contributed by atoms with Gasteiger partial charge in [0, 0.05) is 16.7 Å². The zero-order valence-electron chi connectivity index (χ0n) is 12.2. The molecule has 4 rings (SSSR count). The molecule has 0 amide bonds. The monoisotopic (exact) mass is 375 g/mol. The summed E-state index contributed by atoms with van der Waals surface area (Å²) in [5, 5.41) is 13.5. The van der Waals surface area contributed by atoms with Crippen molar-refractivity contribution in [3.63, 3.8) is 0 Å². The van der Waals surface area contributed by atoms with Crippen molar-refractivity contribution < 1.29 is 8.81 Å². The molecule has 0 unspecified atom stereocenters. The minimum absolute atomic E-state index is 0.246. The number of aromatic nitrogens is 3. The lowest BCUT2D eigenvalue weighted by atomic mass is 10.2. The van der Waals surface area contributed by atoms with E-state index >= 15 is 0 Å². The molecule has 120 valence electrons. The van der Waals surface area contributed by atoms with E-state index in [4.69, 9.17) is 4.42 Å². The van der Waals surface area contributed by atoms with Crippen LogP contribution in [0.15, 0.2) is 56.8 Å². The van der Waals surface area contributed by atoms with Gasteiger partial charge in [-0.05, 0) is 35.7 Å². The molecule has 0 aliphatic carbocycles. The third-order valence-corrected chi connectivity index (χ3v) is 5.77. The number of thiophene rings is 1. The van der Waals surface area contributed by atoms with Crippen LogP contribution in [0, 0.1) is 5.82 Å². The number of hydrogen-bond donors (Lipinski definition) is 0. The number of halogens is 1. The van der Waals surface area contributed by atoms with Crippen molar-refractivity contribution in [1.29, 1.82) is 0 Å². The Balaban J connectivity index is 1.42. The second-order valence-electron chi connectivity index (χ2n) is 4.79. The van der Waals surface area contributed by atoms with Gasteiger partial charge >= 0.3 is 0 Å². The minimum atomic E-state index is -0.246. The van der Waals surface area contributed by atoms with E-state index in [0.717, 1.165) is 21.1 Å². The highest BCUT2D eigenvalue weighted by Gasteiger charge is 2.11. The lowest BCUT2D eigenvalue weighted by Crippen LogP contribution is -1.82. The molecule has 0 radical (unpaired) electrons. The molecule has 0 atom stereocenters. The summed E-state index contributed by atoms with van der Waals surface area (Å²) in [6.07, 6.45) is 0. The number of nitrogens with zero attached hydrogens (tertiary/aromatic N) is 3. The van der Waals surface area contributed by atoms with Gasteiger partial charge in [0.2, 0.25) is 0 Å². The molecule has 4 aromatic rings. The van der Waals surface area contributed by atoms with Crippen LogP contribution in [0.3, 0.4) is 0 Å². The topological polar surface area (TPSA) is 51.8 Å². The number of hydrogen-bond acceptors (Lipinski definition) is 7. The van der Waals surface area contributed by atoms with E-state index in [1.807, 2.05) is 22.9 Å². The molecule has 0 N–H and O–H groups in total. The molecule has 0 saturated carbocycles. The molecule has 0 bridgehead atoms. The highest BCUT2D eigenvalue weighted by molar-refractivity contribution is 7.98. The van der Waals surface area contributed by atoms with Gasteiger partial charge in [0.1, 0.15) is 10.8 Å². The summed E-state index contributed by atoms with van der Waals surface area (Å²) in [6, 6.07) is 10.2. The molecule has 24 heavy (non-hydrogen) atoms. The largest absolute Gasteiger partial charge is 0.410 e. The van der Waals surface area contributed by atoms with Crippen molar-refractivity contribution in [2.45, 2.75) is 11.0 Å². The first kappa shape index (κ1) is 15.5. The molecule has 8 heteroatoms. The zero-order chi connectivity index (χ0) is 16.4. The number of thiazole rings is 1. The van der Waals surface area contributed by atoms with Gasteiger partial charge in [0.25, 0.3) is 11.1 Å². The molecule has 0 spiro atoms. The van der Waals surface area contributed by atoms with Crippen LogP contribution in [0.2, 0.25) is 0 Å². The summed E-state index contributed by atoms with van der Waals surface area (Å²) >= 11 is 4.55. The normalized spacial score (nSPS) is 11.0. The van der Waals surface area contributed by atoms with Gasteiger partial charge in [-0.15, -0.1) is 32.9 Å². The van der Waals surface area contributed by atoms with Crippen molar-refractivity contribution in [1.82, 2.24) is 15.2 Å². The highest BCUT2D eigenvalue weighted by atomic mass is 32.2. The summed E-state index contributed by atoms with van der Waals surface area (Å²) in [6.45, 7) is 0. The van der Waals surface area contributed by atoms with Crippen molar-refractivity contribution >= 4 is 34.4 Å². The molecule has 3 aromatic heterocycles. The maximum atomic E-state index is 13.0. The van der Waals surface area contributed by atoms with Crippen LogP contribution in [0.4, 0.5) is 4.39 Å². The molecule has 0 aliphatic heterocycles. The molecule has 3 heterocycles. The first-order valence-corrected chi connectivity index (χ1v) is 9.73. The smallest absolute Gasteiger partial charge is 0.277 e. The van der Waals surface area contributed by atoms with Crippen LogP contribution in [-0.2, 0) is 5.75 Å². The van der Waals surface area contributed by atoms with E-state index < -0.39 is 0 Å². The Morgan fingerprint density at radius 3 is 2.75 bits per heavy atom. The fourth-order valence-electron chi connectivity index (χ4n) is 2.00. The first-order chi connectivity index (χ1) is 11.8. The summed E-state index contributed by atoms with van der Waals surface area (Å²) in [5.41, 5.74) is 1.84. The van der Waals surface area contributed by atoms with Crippen LogP contribution in [0.1, 0.15) is 5.69 Å². The second-order valence-corrected chi connectivity index (χ2v) is 7.52. The minimum Gasteiger partial charge on any atom is -0.410 e. The van der Waals surface area contributed by atoms with Crippen LogP contribution < -0.4 is 0 Å². The van der Waals surface area contributed by atoms with Gasteiger partial charge in [-0.2, -0.15) is 0 Å². The van der Waals surface area contributed by atoms with E-state index in [1.54, 1.807) is 23.5 Å². The lowest BCUT2D eigenvalue weighted by molar-refractivity contribution is 0.466. The third-order valence-electron chi connectivity index (χ3n) is 3.12. The summed E-state index contributed by atoms with van der Waals surface area (Å²) < 4.78 is 18.6. The van der Waals surface area contributed by atoms with Crippen LogP contribution in [0.5, 0.6) is 0 Å². The van der Waals surface area contributed by atoms with Gasteiger partial charge < -0.3 is 4.42 Å².